The molecule has 0 bridgehead atoms. The molecule has 0 unspecified atom stereocenters. The van der Waals surface area contributed by atoms with Gasteiger partial charge in [0.05, 0.1) is 21.3 Å². The molecule has 0 atom stereocenters. The van der Waals surface area contributed by atoms with Gasteiger partial charge in [-0.3, -0.25) is 0 Å². The number of pyridine rings is 1. The van der Waals surface area contributed by atoms with Crippen molar-refractivity contribution in [3.05, 3.63) is 33.4 Å². The highest BCUT2D eigenvalue weighted by Crippen LogP contribution is 2.37. The van der Waals surface area contributed by atoms with Crippen molar-refractivity contribution in [1.82, 2.24) is 14.6 Å². The van der Waals surface area contributed by atoms with Crippen LogP contribution in [-0.4, -0.2) is 23.0 Å². The zero-order valence-electron chi connectivity index (χ0n) is 10.7. The molecule has 3 aromatic heterocycles. The van der Waals surface area contributed by atoms with Crippen LogP contribution in [0.2, 0.25) is 10.0 Å². The van der Waals surface area contributed by atoms with Crippen molar-refractivity contribution >= 4 is 59.8 Å². The lowest BCUT2D eigenvalue weighted by Gasteiger charge is -2.04. The molecule has 0 amide bonds. The standard InChI is InChI=1S/C11H4Cl3F2N3O2S2/c12-5-1-4(23(14,20)21)3-19-7(2-6(13)8(5)19)10-17-18-11(22-10)9(15)16/h1-3,9H. The third kappa shape index (κ3) is 3.03. The molecular formula is C11H4Cl3F2N3O2S2. The minimum Gasteiger partial charge on any atom is -0.310 e. The topological polar surface area (TPSA) is 64.3 Å². The highest BCUT2D eigenvalue weighted by Gasteiger charge is 2.21. The summed E-state index contributed by atoms with van der Waals surface area (Å²) in [4.78, 5) is -0.260. The maximum absolute atomic E-state index is 12.7. The summed E-state index contributed by atoms with van der Waals surface area (Å²) in [5.74, 6) is 0. The van der Waals surface area contributed by atoms with Gasteiger partial charge in [-0.2, -0.15) is 0 Å². The maximum Gasteiger partial charge on any atom is 0.291 e. The molecule has 0 radical (unpaired) electrons. The van der Waals surface area contributed by atoms with E-state index >= 15 is 0 Å². The van der Waals surface area contributed by atoms with Crippen molar-refractivity contribution in [2.75, 3.05) is 0 Å². The lowest BCUT2D eigenvalue weighted by Crippen LogP contribution is -1.96. The Hall–Kier alpha value is -1.00. The van der Waals surface area contributed by atoms with Crippen LogP contribution in [0, 0.1) is 0 Å². The molecule has 5 nitrogen and oxygen atoms in total. The highest BCUT2D eigenvalue weighted by molar-refractivity contribution is 8.13. The summed E-state index contributed by atoms with van der Waals surface area (Å²) in [6, 6.07) is 2.59. The SMILES string of the molecule is O=S(=O)(Cl)c1cc(Cl)c2c(Cl)cc(-c3nnc(C(F)F)s3)n2c1. The zero-order chi connectivity index (χ0) is 16.9. The van der Waals surface area contributed by atoms with E-state index in [-0.39, 0.29) is 25.6 Å². The van der Waals surface area contributed by atoms with E-state index in [1.807, 2.05) is 0 Å². The van der Waals surface area contributed by atoms with Gasteiger partial charge in [0.25, 0.3) is 15.5 Å². The molecule has 12 heteroatoms. The Morgan fingerprint density at radius 1 is 1.17 bits per heavy atom. The summed E-state index contributed by atoms with van der Waals surface area (Å²) in [5.41, 5.74) is 0.583. The van der Waals surface area contributed by atoms with Gasteiger partial charge in [-0.1, -0.05) is 34.5 Å². The van der Waals surface area contributed by atoms with Crippen LogP contribution in [0.5, 0.6) is 0 Å². The third-order valence-electron chi connectivity index (χ3n) is 2.87. The first-order valence-corrected chi connectivity index (χ1v) is 9.63. The van der Waals surface area contributed by atoms with Crippen LogP contribution in [-0.2, 0) is 9.05 Å². The van der Waals surface area contributed by atoms with E-state index in [0.29, 0.717) is 16.9 Å². The van der Waals surface area contributed by atoms with Crippen molar-refractivity contribution in [3.63, 3.8) is 0 Å². The van der Waals surface area contributed by atoms with Gasteiger partial charge < -0.3 is 4.40 Å². The predicted molar refractivity (Wildman–Crippen MR) is 84.3 cm³/mol. The fourth-order valence-corrected chi connectivity index (χ4v) is 4.11. The molecule has 3 rings (SSSR count). The van der Waals surface area contributed by atoms with Gasteiger partial charge in [0.2, 0.25) is 0 Å². The molecule has 0 saturated carbocycles. The average Bonchev–Trinajstić information content (AvgIpc) is 3.02. The molecule has 0 saturated heterocycles. The lowest BCUT2D eigenvalue weighted by atomic mass is 10.4. The van der Waals surface area contributed by atoms with Crippen molar-refractivity contribution in [3.8, 4) is 10.7 Å². The van der Waals surface area contributed by atoms with Crippen molar-refractivity contribution in [2.45, 2.75) is 11.3 Å². The van der Waals surface area contributed by atoms with Gasteiger partial charge in [-0.25, -0.2) is 17.2 Å². The number of aromatic nitrogens is 3. The minimum absolute atomic E-state index is 0.0431. The Morgan fingerprint density at radius 2 is 1.83 bits per heavy atom. The molecule has 0 aliphatic rings. The van der Waals surface area contributed by atoms with Crippen LogP contribution in [0.15, 0.2) is 23.2 Å². The average molecular weight is 419 g/mol. The van der Waals surface area contributed by atoms with Crippen LogP contribution in [0.4, 0.5) is 8.78 Å². The van der Waals surface area contributed by atoms with E-state index in [4.69, 9.17) is 33.9 Å². The molecule has 23 heavy (non-hydrogen) atoms. The minimum atomic E-state index is -4.04. The fraction of sp³-hybridized carbons (Fsp3) is 0.0909. The van der Waals surface area contributed by atoms with Crippen LogP contribution >= 0.6 is 45.2 Å². The molecule has 0 spiro atoms. The Bertz CT molecular complexity index is 1020. The van der Waals surface area contributed by atoms with E-state index < -0.39 is 20.5 Å². The van der Waals surface area contributed by atoms with E-state index in [9.17, 15) is 17.2 Å². The zero-order valence-corrected chi connectivity index (χ0v) is 14.6. The van der Waals surface area contributed by atoms with Gasteiger partial charge in [0.15, 0.2) is 10.0 Å². The molecule has 0 aliphatic carbocycles. The smallest absolute Gasteiger partial charge is 0.291 e. The molecular weight excluding hydrogens is 415 g/mol. The van der Waals surface area contributed by atoms with Crippen LogP contribution < -0.4 is 0 Å². The summed E-state index contributed by atoms with van der Waals surface area (Å²) < 4.78 is 49.7. The van der Waals surface area contributed by atoms with E-state index in [1.54, 1.807) is 0 Å². The second-order valence-corrected chi connectivity index (χ2v) is 8.69. The van der Waals surface area contributed by atoms with Crippen molar-refractivity contribution < 1.29 is 17.2 Å². The maximum atomic E-state index is 12.7. The second kappa shape index (κ2) is 5.82. The molecule has 3 aromatic rings. The van der Waals surface area contributed by atoms with Gasteiger partial charge in [-0.05, 0) is 12.1 Å². The van der Waals surface area contributed by atoms with Crippen molar-refractivity contribution in [1.29, 1.82) is 0 Å². The van der Waals surface area contributed by atoms with E-state index in [2.05, 4.69) is 10.2 Å². The van der Waals surface area contributed by atoms with E-state index in [0.717, 1.165) is 6.07 Å². The second-order valence-electron chi connectivity index (χ2n) is 4.30. The first kappa shape index (κ1) is 16.8. The number of rotatable bonds is 3. The Kier molecular flexibility index (Phi) is 4.26. The number of hydrogen-bond donors (Lipinski definition) is 0. The van der Waals surface area contributed by atoms with Gasteiger partial charge in [0, 0.05) is 16.9 Å². The first-order chi connectivity index (χ1) is 10.7. The summed E-state index contributed by atoms with van der Waals surface area (Å²) in [5, 5.41) is 6.99. The summed E-state index contributed by atoms with van der Waals surface area (Å²) >= 11 is 12.8. The number of hydrogen-bond acceptors (Lipinski definition) is 5. The summed E-state index contributed by atoms with van der Waals surface area (Å²) in [7, 11) is 1.28. The Labute approximate surface area is 146 Å². The lowest BCUT2D eigenvalue weighted by molar-refractivity contribution is 0.150. The van der Waals surface area contributed by atoms with Gasteiger partial charge >= 0.3 is 0 Å². The first-order valence-electron chi connectivity index (χ1n) is 5.75. The Morgan fingerprint density at radius 3 is 2.39 bits per heavy atom. The quantitative estimate of drug-likeness (QED) is 0.582. The van der Waals surface area contributed by atoms with Crippen LogP contribution in [0.3, 0.4) is 0 Å². The third-order valence-corrected chi connectivity index (χ3v) is 5.72. The van der Waals surface area contributed by atoms with E-state index in [1.165, 1.54) is 16.7 Å². The van der Waals surface area contributed by atoms with Crippen LogP contribution in [0.25, 0.3) is 16.2 Å². The molecule has 0 N–H and O–H groups in total. The largest absolute Gasteiger partial charge is 0.310 e. The summed E-state index contributed by atoms with van der Waals surface area (Å²) in [6.07, 6.45) is -1.57. The van der Waals surface area contributed by atoms with Gasteiger partial charge in [0.1, 0.15) is 4.90 Å². The van der Waals surface area contributed by atoms with Crippen molar-refractivity contribution in [2.24, 2.45) is 0 Å². The predicted octanol–water partition coefficient (Wildman–Crippen LogP) is 4.63. The van der Waals surface area contributed by atoms with Gasteiger partial charge in [-0.15, -0.1) is 10.2 Å². The molecule has 0 aromatic carbocycles. The molecule has 3 heterocycles. The van der Waals surface area contributed by atoms with Crippen LogP contribution in [0.1, 0.15) is 11.4 Å². The summed E-state index contributed by atoms with van der Waals surface area (Å²) in [6.45, 7) is 0. The molecule has 0 fully saturated rings. The number of alkyl halides is 2. The monoisotopic (exact) mass is 417 g/mol. The number of fused-ring (bicyclic) bond motifs is 1. The molecule has 122 valence electrons. The number of halogens is 5. The normalized spacial score (nSPS) is 12.4. The Balaban J connectivity index is 2.30. The highest BCUT2D eigenvalue weighted by atomic mass is 35.7. The molecule has 0 aliphatic heterocycles. The fourth-order valence-electron chi connectivity index (χ4n) is 1.94. The number of nitrogens with zero attached hydrogens (tertiary/aromatic N) is 3.